The summed E-state index contributed by atoms with van der Waals surface area (Å²) in [4.78, 5) is 25.5. The fourth-order valence-corrected chi connectivity index (χ4v) is 3.80. The zero-order chi connectivity index (χ0) is 21.0. The Labute approximate surface area is 179 Å². The quantitative estimate of drug-likeness (QED) is 0.710. The Morgan fingerprint density at radius 2 is 2.24 bits per heavy atom. The molecule has 1 aliphatic heterocycles. The molecule has 2 aromatic rings. The summed E-state index contributed by atoms with van der Waals surface area (Å²) in [7, 11) is 2.04. The van der Waals surface area contributed by atoms with E-state index in [1.165, 1.54) is 0 Å². The third kappa shape index (κ3) is 5.32. The van der Waals surface area contributed by atoms with Gasteiger partial charge in [0.15, 0.2) is 0 Å². The Kier molecular flexibility index (Phi) is 7.21. The second-order valence-corrected chi connectivity index (χ2v) is 8.60. The lowest BCUT2D eigenvalue weighted by atomic mass is 10.00. The van der Waals surface area contributed by atoms with E-state index in [4.69, 9.17) is 4.74 Å². The van der Waals surface area contributed by atoms with Gasteiger partial charge in [0.2, 0.25) is 5.88 Å². The minimum atomic E-state index is -0.288. The van der Waals surface area contributed by atoms with E-state index in [0.717, 1.165) is 12.1 Å². The summed E-state index contributed by atoms with van der Waals surface area (Å²) in [6, 6.07) is 5.41. The molecule has 156 valence electrons. The summed E-state index contributed by atoms with van der Waals surface area (Å²) in [5.74, 6) is 0.215. The Morgan fingerprint density at radius 3 is 2.93 bits per heavy atom. The van der Waals surface area contributed by atoms with Gasteiger partial charge in [0, 0.05) is 48.6 Å². The monoisotopic (exact) mass is 462 g/mol. The first kappa shape index (κ1) is 21.7. The first-order valence-electron chi connectivity index (χ1n) is 9.70. The fourth-order valence-electron chi connectivity index (χ4n) is 3.47. The summed E-state index contributed by atoms with van der Waals surface area (Å²) in [5.41, 5.74) is 1.54. The first-order chi connectivity index (χ1) is 13.9. The van der Waals surface area contributed by atoms with Crippen LogP contribution in [0.4, 0.5) is 0 Å². The van der Waals surface area contributed by atoms with Gasteiger partial charge in [0.05, 0.1) is 12.6 Å². The number of ether oxygens (including phenoxy) is 1. The lowest BCUT2D eigenvalue weighted by molar-refractivity contribution is 0.0325. The molecule has 8 heteroatoms. The minimum absolute atomic E-state index is 0.0582. The largest absolute Gasteiger partial charge is 0.472 e. The number of halogens is 1. The molecule has 2 aromatic heterocycles. The number of carbonyl (C=O) groups is 1. The van der Waals surface area contributed by atoms with E-state index in [2.05, 4.69) is 37.7 Å². The molecule has 1 N–H and O–H groups in total. The molecule has 29 heavy (non-hydrogen) atoms. The number of nitrogens with zero attached hydrogens (tertiary/aromatic N) is 4. The number of hydrogen-bond acceptors (Lipinski definition) is 6. The molecule has 7 nitrogen and oxygen atoms in total. The first-order valence-corrected chi connectivity index (χ1v) is 10.5. The molecule has 0 saturated carbocycles. The van der Waals surface area contributed by atoms with Crippen LogP contribution in [0, 0.1) is 5.92 Å². The zero-order valence-electron chi connectivity index (χ0n) is 17.0. The normalized spacial score (nSPS) is 20.6. The number of fused-ring (bicyclic) bond motifs is 1. The van der Waals surface area contributed by atoms with Crippen LogP contribution in [-0.2, 0) is 6.54 Å². The maximum absolute atomic E-state index is 13.1. The van der Waals surface area contributed by atoms with Crippen LogP contribution in [0.5, 0.6) is 5.88 Å². The summed E-state index contributed by atoms with van der Waals surface area (Å²) in [6.45, 7) is 5.73. The van der Waals surface area contributed by atoms with Gasteiger partial charge in [-0.1, -0.05) is 13.0 Å². The smallest absolute Gasteiger partial charge is 0.259 e. The number of aliphatic hydroxyl groups is 1. The number of amides is 1. The summed E-state index contributed by atoms with van der Waals surface area (Å²) in [6.07, 6.45) is 5.09. The van der Waals surface area contributed by atoms with Gasteiger partial charge in [-0.25, -0.2) is 4.98 Å². The van der Waals surface area contributed by atoms with Crippen molar-refractivity contribution in [1.82, 2.24) is 19.8 Å². The van der Waals surface area contributed by atoms with Crippen LogP contribution in [0.2, 0.25) is 0 Å². The number of pyridine rings is 2. The predicted octanol–water partition coefficient (Wildman–Crippen LogP) is 2.59. The van der Waals surface area contributed by atoms with E-state index >= 15 is 0 Å². The molecular weight excluding hydrogens is 436 g/mol. The van der Waals surface area contributed by atoms with Crippen LogP contribution >= 0.6 is 15.9 Å². The molecule has 3 heterocycles. The van der Waals surface area contributed by atoms with Crippen molar-refractivity contribution < 1.29 is 14.6 Å². The topological polar surface area (TPSA) is 78.8 Å². The van der Waals surface area contributed by atoms with Crippen molar-refractivity contribution in [3.63, 3.8) is 0 Å². The predicted molar refractivity (Wildman–Crippen MR) is 114 cm³/mol. The van der Waals surface area contributed by atoms with Gasteiger partial charge in [-0.05, 0) is 47.6 Å². The third-order valence-electron chi connectivity index (χ3n) is 5.15. The van der Waals surface area contributed by atoms with Gasteiger partial charge in [-0.2, -0.15) is 0 Å². The molecule has 1 aliphatic rings. The van der Waals surface area contributed by atoms with Crippen LogP contribution in [0.25, 0.3) is 0 Å². The van der Waals surface area contributed by atoms with Crippen molar-refractivity contribution >= 4 is 21.8 Å². The minimum Gasteiger partial charge on any atom is -0.472 e. The molecule has 0 bridgehead atoms. The van der Waals surface area contributed by atoms with Crippen LogP contribution in [0.15, 0.2) is 41.3 Å². The molecule has 1 amide bonds. The number of carbonyl (C=O) groups excluding carboxylic acids is 1. The molecular formula is C21H27BrN4O3. The zero-order valence-corrected chi connectivity index (χ0v) is 18.5. The van der Waals surface area contributed by atoms with Crippen LogP contribution in [-0.4, -0.2) is 69.7 Å². The van der Waals surface area contributed by atoms with Crippen LogP contribution in [0.1, 0.15) is 29.8 Å². The molecule has 0 aromatic carbocycles. The number of aliphatic hydroxyl groups excluding tert-OH is 1. The van der Waals surface area contributed by atoms with E-state index in [1.807, 2.05) is 32.3 Å². The van der Waals surface area contributed by atoms with Crippen molar-refractivity contribution in [3.8, 4) is 5.88 Å². The molecule has 0 fully saturated rings. The van der Waals surface area contributed by atoms with Crippen LogP contribution in [0.3, 0.4) is 0 Å². The molecule has 3 rings (SSSR count). The lowest BCUT2D eigenvalue weighted by Gasteiger charge is -2.37. The maximum atomic E-state index is 13.1. The summed E-state index contributed by atoms with van der Waals surface area (Å²) >= 11 is 3.39. The molecule has 3 atom stereocenters. The highest BCUT2D eigenvalue weighted by atomic mass is 79.9. The van der Waals surface area contributed by atoms with E-state index < -0.39 is 0 Å². The number of likely N-dealkylation sites (N-methyl/N-ethyl adjacent to an activating group) is 1. The van der Waals surface area contributed by atoms with Gasteiger partial charge >= 0.3 is 0 Å². The fraction of sp³-hybridized carbons (Fsp3) is 0.476. The molecule has 0 saturated heterocycles. The van der Waals surface area contributed by atoms with Crippen molar-refractivity contribution in [3.05, 3.63) is 52.4 Å². The van der Waals surface area contributed by atoms with Crippen molar-refractivity contribution in [1.29, 1.82) is 0 Å². The lowest BCUT2D eigenvalue weighted by Crippen LogP contribution is -2.49. The highest BCUT2D eigenvalue weighted by Crippen LogP contribution is 2.28. The van der Waals surface area contributed by atoms with Gasteiger partial charge in [0.1, 0.15) is 11.7 Å². The number of rotatable bonds is 6. The number of aromatic nitrogens is 2. The molecule has 0 aliphatic carbocycles. The van der Waals surface area contributed by atoms with Gasteiger partial charge in [0.25, 0.3) is 5.91 Å². The average Bonchev–Trinajstić information content (AvgIpc) is 2.71. The highest BCUT2D eigenvalue weighted by molar-refractivity contribution is 9.10. The second kappa shape index (κ2) is 9.65. The van der Waals surface area contributed by atoms with E-state index in [1.54, 1.807) is 23.4 Å². The van der Waals surface area contributed by atoms with Crippen molar-refractivity contribution in [2.45, 2.75) is 32.5 Å². The van der Waals surface area contributed by atoms with Gasteiger partial charge < -0.3 is 14.7 Å². The van der Waals surface area contributed by atoms with Gasteiger partial charge in [-0.15, -0.1) is 0 Å². The Balaban J connectivity index is 1.85. The SMILES string of the molecule is C[C@@H]1CN([C@H](C)CO)C(=O)c2cc(Br)cnc2O[C@H]1CN(C)Cc1cccnc1. The molecule has 0 radical (unpaired) electrons. The summed E-state index contributed by atoms with van der Waals surface area (Å²) in [5, 5.41) is 9.67. The van der Waals surface area contributed by atoms with E-state index in [-0.39, 0.29) is 30.6 Å². The average molecular weight is 463 g/mol. The second-order valence-electron chi connectivity index (χ2n) is 7.69. The number of hydrogen-bond donors (Lipinski definition) is 1. The Hall–Kier alpha value is -2.03. The van der Waals surface area contributed by atoms with Crippen molar-refractivity contribution in [2.24, 2.45) is 5.92 Å². The summed E-state index contributed by atoms with van der Waals surface area (Å²) < 4.78 is 6.96. The Bertz CT molecular complexity index is 836. The Morgan fingerprint density at radius 1 is 1.45 bits per heavy atom. The van der Waals surface area contributed by atoms with Gasteiger partial charge in [-0.3, -0.25) is 14.7 Å². The van der Waals surface area contributed by atoms with E-state index in [9.17, 15) is 9.90 Å². The van der Waals surface area contributed by atoms with E-state index in [0.29, 0.717) is 29.0 Å². The molecule has 0 unspecified atom stereocenters. The van der Waals surface area contributed by atoms with Crippen LogP contribution < -0.4 is 4.74 Å². The third-order valence-corrected chi connectivity index (χ3v) is 5.59. The maximum Gasteiger partial charge on any atom is 0.259 e. The molecule has 0 spiro atoms. The highest BCUT2D eigenvalue weighted by Gasteiger charge is 2.34. The standard InChI is InChI=1S/C21H27BrN4O3/c1-14-10-26(15(2)13-27)21(28)18-7-17(22)9-24-20(18)29-19(14)12-25(3)11-16-5-4-6-23-8-16/h4-9,14-15,19,27H,10-13H2,1-3H3/t14-,15-,19+/m1/s1. The van der Waals surface area contributed by atoms with Crippen molar-refractivity contribution in [2.75, 3.05) is 26.7 Å².